The van der Waals surface area contributed by atoms with Crippen molar-refractivity contribution >= 4 is 23.4 Å². The van der Waals surface area contributed by atoms with Crippen LogP contribution < -0.4 is 15.6 Å². The zero-order valence-electron chi connectivity index (χ0n) is 14.4. The first kappa shape index (κ1) is 19.6. The maximum Gasteiger partial charge on any atom is 0.251 e. The number of carbonyl (C=O) groups is 1. The van der Waals surface area contributed by atoms with Crippen LogP contribution in [-0.4, -0.2) is 21.6 Å². The number of ether oxygens (including phenoxy) is 1. The molecule has 6 nitrogen and oxygen atoms in total. The van der Waals surface area contributed by atoms with Crippen molar-refractivity contribution in [3.05, 3.63) is 82.3 Å². The van der Waals surface area contributed by atoms with Crippen LogP contribution in [0, 0.1) is 11.6 Å². The molecule has 28 heavy (non-hydrogen) atoms. The average Bonchev–Trinajstić information content (AvgIpc) is 2.68. The van der Waals surface area contributed by atoms with Gasteiger partial charge in [0, 0.05) is 6.07 Å². The number of H-pyrrole nitrogens is 1. The molecule has 0 saturated carbocycles. The van der Waals surface area contributed by atoms with Crippen LogP contribution in [0.3, 0.4) is 0 Å². The Morgan fingerprint density at radius 2 is 1.82 bits per heavy atom. The lowest BCUT2D eigenvalue weighted by molar-refractivity contribution is -0.113. The number of para-hydroxylation sites is 2. The molecule has 0 fully saturated rings. The normalized spacial score (nSPS) is 10.5. The van der Waals surface area contributed by atoms with Gasteiger partial charge in [-0.05, 0) is 24.3 Å². The molecule has 3 rings (SSSR count). The molecule has 0 aliphatic rings. The summed E-state index contributed by atoms with van der Waals surface area (Å²) in [5.41, 5.74) is -0.528. The lowest BCUT2D eigenvalue weighted by atomic mass is 10.3. The van der Waals surface area contributed by atoms with Crippen LogP contribution >= 0.6 is 11.8 Å². The van der Waals surface area contributed by atoms with E-state index < -0.39 is 28.8 Å². The molecule has 0 aliphatic carbocycles. The largest absolute Gasteiger partial charge is 0.487 e. The van der Waals surface area contributed by atoms with Crippen LogP contribution in [0.15, 0.2) is 64.5 Å². The third kappa shape index (κ3) is 5.40. The van der Waals surface area contributed by atoms with E-state index in [-0.39, 0.29) is 17.5 Å². The summed E-state index contributed by atoms with van der Waals surface area (Å²) in [5, 5.41) is 2.37. The lowest BCUT2D eigenvalue weighted by Crippen LogP contribution is -2.17. The highest BCUT2D eigenvalue weighted by atomic mass is 32.2. The molecule has 0 saturated heterocycles. The number of benzene rings is 2. The maximum atomic E-state index is 13.6. The van der Waals surface area contributed by atoms with Gasteiger partial charge in [0.1, 0.15) is 29.7 Å². The van der Waals surface area contributed by atoms with Gasteiger partial charge in [0.2, 0.25) is 5.91 Å². The monoisotopic (exact) mass is 403 g/mol. The zero-order valence-corrected chi connectivity index (χ0v) is 15.3. The fourth-order valence-corrected chi connectivity index (χ4v) is 2.92. The fourth-order valence-electron chi connectivity index (χ4n) is 2.23. The number of nitrogens with one attached hydrogen (secondary N) is 2. The predicted octanol–water partition coefficient (Wildman–Crippen LogP) is 3.36. The van der Waals surface area contributed by atoms with E-state index in [0.29, 0.717) is 11.4 Å². The van der Waals surface area contributed by atoms with Crippen molar-refractivity contribution in [2.45, 2.75) is 11.8 Å². The summed E-state index contributed by atoms with van der Waals surface area (Å²) in [6.45, 7) is 0.0775. The van der Waals surface area contributed by atoms with E-state index in [1.54, 1.807) is 12.1 Å². The molecular formula is C19H15F2N3O3S. The minimum Gasteiger partial charge on any atom is -0.487 e. The molecule has 1 heterocycles. The molecule has 144 valence electrons. The van der Waals surface area contributed by atoms with Gasteiger partial charge >= 0.3 is 0 Å². The van der Waals surface area contributed by atoms with Crippen molar-refractivity contribution in [3.63, 3.8) is 0 Å². The number of nitrogens with zero attached hydrogens (tertiary/aromatic N) is 1. The molecule has 0 spiro atoms. The Kier molecular flexibility index (Phi) is 6.38. The van der Waals surface area contributed by atoms with Gasteiger partial charge in [-0.1, -0.05) is 36.0 Å². The topological polar surface area (TPSA) is 84.1 Å². The number of anilines is 1. The Hall–Kier alpha value is -3.20. The highest BCUT2D eigenvalue weighted by molar-refractivity contribution is 7.99. The summed E-state index contributed by atoms with van der Waals surface area (Å²) in [6, 6.07) is 13.6. The number of aromatic nitrogens is 2. The van der Waals surface area contributed by atoms with E-state index in [0.717, 1.165) is 23.9 Å². The van der Waals surface area contributed by atoms with Crippen LogP contribution in [0.2, 0.25) is 0 Å². The van der Waals surface area contributed by atoms with Crippen molar-refractivity contribution in [1.29, 1.82) is 0 Å². The second-order valence-electron chi connectivity index (χ2n) is 5.58. The molecule has 1 aromatic heterocycles. The van der Waals surface area contributed by atoms with Crippen LogP contribution in [0.5, 0.6) is 5.75 Å². The van der Waals surface area contributed by atoms with Gasteiger partial charge in [0.15, 0.2) is 5.16 Å². The fraction of sp³-hybridized carbons (Fsp3) is 0.105. The van der Waals surface area contributed by atoms with Crippen molar-refractivity contribution in [1.82, 2.24) is 9.97 Å². The molecule has 0 radical (unpaired) electrons. The second kappa shape index (κ2) is 9.14. The minimum atomic E-state index is -0.870. The van der Waals surface area contributed by atoms with Gasteiger partial charge < -0.3 is 15.0 Å². The number of hydrogen-bond donors (Lipinski definition) is 2. The molecule has 3 aromatic rings. The number of hydrogen-bond acceptors (Lipinski definition) is 5. The predicted molar refractivity (Wildman–Crippen MR) is 101 cm³/mol. The lowest BCUT2D eigenvalue weighted by Gasteiger charge is -2.08. The number of thioether (sulfide) groups is 1. The van der Waals surface area contributed by atoms with Crippen molar-refractivity contribution in [2.75, 3.05) is 11.1 Å². The Labute approximate surface area is 163 Å². The van der Waals surface area contributed by atoms with Crippen LogP contribution in [0.25, 0.3) is 0 Å². The van der Waals surface area contributed by atoms with E-state index in [1.165, 1.54) is 12.1 Å². The highest BCUT2D eigenvalue weighted by Gasteiger charge is 2.13. The number of rotatable bonds is 7. The second-order valence-corrected chi connectivity index (χ2v) is 6.54. The third-order valence-corrected chi connectivity index (χ3v) is 4.34. The number of amides is 1. The van der Waals surface area contributed by atoms with Gasteiger partial charge in [0.05, 0.1) is 11.4 Å². The van der Waals surface area contributed by atoms with E-state index in [2.05, 4.69) is 15.3 Å². The van der Waals surface area contributed by atoms with Gasteiger partial charge in [-0.25, -0.2) is 13.8 Å². The van der Waals surface area contributed by atoms with E-state index in [4.69, 9.17) is 4.74 Å². The number of aromatic amines is 1. The van der Waals surface area contributed by atoms with Gasteiger partial charge in [-0.3, -0.25) is 9.59 Å². The molecule has 0 aliphatic heterocycles. The van der Waals surface area contributed by atoms with Gasteiger partial charge in [-0.15, -0.1) is 0 Å². The van der Waals surface area contributed by atoms with Crippen molar-refractivity contribution in [2.24, 2.45) is 0 Å². The molecule has 2 N–H and O–H groups in total. The first-order valence-corrected chi connectivity index (χ1v) is 9.14. The molecule has 0 atom stereocenters. The first-order valence-electron chi connectivity index (χ1n) is 8.16. The number of halogens is 2. The molecule has 0 unspecified atom stereocenters. The summed E-state index contributed by atoms with van der Waals surface area (Å²) in [6.07, 6.45) is 0. The average molecular weight is 403 g/mol. The smallest absolute Gasteiger partial charge is 0.251 e. The molecule has 2 aromatic carbocycles. The highest BCUT2D eigenvalue weighted by Crippen LogP contribution is 2.19. The SMILES string of the molecule is O=C(CSc1nc(COc2ccccc2)cc(=O)[nH]1)Nc1c(F)cccc1F. The quantitative estimate of drug-likeness (QED) is 0.467. The van der Waals surface area contributed by atoms with Crippen molar-refractivity contribution < 1.29 is 18.3 Å². The van der Waals surface area contributed by atoms with Crippen LogP contribution in [0.1, 0.15) is 5.69 Å². The van der Waals surface area contributed by atoms with E-state index in [9.17, 15) is 18.4 Å². The van der Waals surface area contributed by atoms with Crippen LogP contribution in [0.4, 0.5) is 14.5 Å². The Morgan fingerprint density at radius 3 is 2.54 bits per heavy atom. The Morgan fingerprint density at radius 1 is 1.11 bits per heavy atom. The zero-order chi connectivity index (χ0) is 19.9. The number of carbonyl (C=O) groups excluding carboxylic acids is 1. The molecule has 1 amide bonds. The molecule has 0 bridgehead atoms. The standard InChI is InChI=1S/C19H15F2N3O3S/c20-14-7-4-8-15(21)18(14)23-17(26)11-28-19-22-12(9-16(25)24-19)10-27-13-5-2-1-3-6-13/h1-9H,10-11H2,(H,23,26)(H,22,24,25). The van der Waals surface area contributed by atoms with Gasteiger partial charge in [-0.2, -0.15) is 0 Å². The summed E-state index contributed by atoms with van der Waals surface area (Å²) >= 11 is 0.930. The maximum absolute atomic E-state index is 13.6. The molecular weight excluding hydrogens is 388 g/mol. The van der Waals surface area contributed by atoms with Gasteiger partial charge in [0.25, 0.3) is 5.56 Å². The Bertz CT molecular complexity index is 1010. The van der Waals surface area contributed by atoms with E-state index >= 15 is 0 Å². The van der Waals surface area contributed by atoms with E-state index in [1.807, 2.05) is 18.2 Å². The summed E-state index contributed by atoms with van der Waals surface area (Å²) in [5.74, 6) is -1.94. The summed E-state index contributed by atoms with van der Waals surface area (Å²) < 4.78 is 32.7. The summed E-state index contributed by atoms with van der Waals surface area (Å²) in [4.78, 5) is 30.5. The minimum absolute atomic E-state index is 0.0775. The first-order chi connectivity index (χ1) is 13.5. The third-order valence-electron chi connectivity index (χ3n) is 3.47. The van der Waals surface area contributed by atoms with Crippen molar-refractivity contribution in [3.8, 4) is 5.75 Å². The Balaban J connectivity index is 1.60. The van der Waals surface area contributed by atoms with Crippen LogP contribution in [-0.2, 0) is 11.4 Å². The molecule has 9 heteroatoms. The summed E-state index contributed by atoms with van der Waals surface area (Å²) in [7, 11) is 0.